The summed E-state index contributed by atoms with van der Waals surface area (Å²) in [5.41, 5.74) is 6.36. The number of hydrogen-bond donors (Lipinski definition) is 2. The third kappa shape index (κ3) is 6.21. The SMILES string of the molecule is Cc1cc(OCCOCCNCCN)ccc1Cl. The molecule has 18 heavy (non-hydrogen) atoms. The Morgan fingerprint density at radius 2 is 2.06 bits per heavy atom. The zero-order valence-electron chi connectivity index (χ0n) is 10.7. The summed E-state index contributed by atoms with van der Waals surface area (Å²) in [5, 5.41) is 3.91. The first-order chi connectivity index (χ1) is 8.74. The van der Waals surface area contributed by atoms with E-state index in [1.807, 2.05) is 25.1 Å². The summed E-state index contributed by atoms with van der Waals surface area (Å²) in [6.07, 6.45) is 0. The summed E-state index contributed by atoms with van der Waals surface area (Å²) in [5.74, 6) is 0.821. The van der Waals surface area contributed by atoms with Gasteiger partial charge in [0.15, 0.2) is 0 Å². The third-order valence-electron chi connectivity index (χ3n) is 2.37. The van der Waals surface area contributed by atoms with Gasteiger partial charge in [-0.15, -0.1) is 0 Å². The molecule has 0 radical (unpaired) electrons. The van der Waals surface area contributed by atoms with Crippen molar-refractivity contribution < 1.29 is 9.47 Å². The number of halogens is 1. The minimum Gasteiger partial charge on any atom is -0.491 e. The second-order valence-electron chi connectivity index (χ2n) is 3.91. The van der Waals surface area contributed by atoms with E-state index in [1.165, 1.54) is 0 Å². The molecule has 102 valence electrons. The molecule has 1 rings (SSSR count). The fourth-order valence-corrected chi connectivity index (χ4v) is 1.52. The van der Waals surface area contributed by atoms with Gasteiger partial charge in [-0.05, 0) is 30.7 Å². The molecule has 0 bridgehead atoms. The van der Waals surface area contributed by atoms with Crippen LogP contribution in [0.25, 0.3) is 0 Å². The molecule has 4 nitrogen and oxygen atoms in total. The molecule has 0 aliphatic heterocycles. The van der Waals surface area contributed by atoms with E-state index >= 15 is 0 Å². The molecule has 0 aliphatic carbocycles. The van der Waals surface area contributed by atoms with Crippen molar-refractivity contribution in [2.24, 2.45) is 5.73 Å². The molecule has 0 heterocycles. The van der Waals surface area contributed by atoms with Gasteiger partial charge >= 0.3 is 0 Å². The van der Waals surface area contributed by atoms with Crippen LogP contribution in [0.4, 0.5) is 0 Å². The Morgan fingerprint density at radius 3 is 2.78 bits per heavy atom. The molecule has 5 heteroatoms. The van der Waals surface area contributed by atoms with Gasteiger partial charge in [-0.3, -0.25) is 0 Å². The van der Waals surface area contributed by atoms with Gasteiger partial charge < -0.3 is 20.5 Å². The average molecular weight is 273 g/mol. The number of benzene rings is 1. The van der Waals surface area contributed by atoms with Gasteiger partial charge in [0.1, 0.15) is 12.4 Å². The highest BCUT2D eigenvalue weighted by atomic mass is 35.5. The van der Waals surface area contributed by atoms with E-state index in [-0.39, 0.29) is 0 Å². The topological polar surface area (TPSA) is 56.5 Å². The predicted octanol–water partition coefficient (Wildman–Crippen LogP) is 1.59. The van der Waals surface area contributed by atoms with Crippen LogP contribution in [0.15, 0.2) is 18.2 Å². The molecular formula is C13H21ClN2O2. The molecule has 0 aromatic heterocycles. The minimum absolute atomic E-state index is 0.540. The monoisotopic (exact) mass is 272 g/mol. The number of ether oxygens (including phenoxy) is 2. The van der Waals surface area contributed by atoms with E-state index in [0.717, 1.165) is 29.4 Å². The van der Waals surface area contributed by atoms with Crippen LogP contribution in [-0.2, 0) is 4.74 Å². The van der Waals surface area contributed by atoms with E-state index in [2.05, 4.69) is 5.32 Å². The van der Waals surface area contributed by atoms with E-state index in [9.17, 15) is 0 Å². The van der Waals surface area contributed by atoms with Crippen molar-refractivity contribution >= 4 is 11.6 Å². The third-order valence-corrected chi connectivity index (χ3v) is 2.79. The van der Waals surface area contributed by atoms with Gasteiger partial charge in [-0.25, -0.2) is 0 Å². The van der Waals surface area contributed by atoms with Crippen LogP contribution in [0.3, 0.4) is 0 Å². The summed E-state index contributed by atoms with van der Waals surface area (Å²) in [6.45, 7) is 6.03. The zero-order chi connectivity index (χ0) is 13.2. The van der Waals surface area contributed by atoms with Gasteiger partial charge in [0, 0.05) is 24.7 Å². The summed E-state index contributed by atoms with van der Waals surface area (Å²) >= 11 is 5.93. The Balaban J connectivity index is 2.05. The fraction of sp³-hybridized carbons (Fsp3) is 0.538. The molecule has 0 fully saturated rings. The standard InChI is InChI=1S/C13H21ClN2O2/c1-11-10-12(2-3-13(11)14)18-9-8-17-7-6-16-5-4-15/h2-3,10,16H,4-9,15H2,1H3. The summed E-state index contributed by atoms with van der Waals surface area (Å²) in [4.78, 5) is 0. The first kappa shape index (κ1) is 15.2. The van der Waals surface area contributed by atoms with Crippen molar-refractivity contribution in [2.75, 3.05) is 39.5 Å². The maximum Gasteiger partial charge on any atom is 0.119 e. The lowest BCUT2D eigenvalue weighted by atomic mass is 10.2. The number of aryl methyl sites for hydroxylation is 1. The Labute approximate surface area is 113 Å². The van der Waals surface area contributed by atoms with Crippen LogP contribution < -0.4 is 15.8 Å². The van der Waals surface area contributed by atoms with Gasteiger partial charge in [0.2, 0.25) is 0 Å². The highest BCUT2D eigenvalue weighted by molar-refractivity contribution is 6.31. The quantitative estimate of drug-likeness (QED) is 0.671. The van der Waals surface area contributed by atoms with Crippen molar-refractivity contribution in [1.82, 2.24) is 5.32 Å². The zero-order valence-corrected chi connectivity index (χ0v) is 11.5. The molecule has 0 aliphatic rings. The molecular weight excluding hydrogens is 252 g/mol. The van der Waals surface area contributed by atoms with Crippen LogP contribution in [0.1, 0.15) is 5.56 Å². The lowest BCUT2D eigenvalue weighted by Crippen LogP contribution is -2.26. The number of rotatable bonds is 9. The van der Waals surface area contributed by atoms with Crippen molar-refractivity contribution in [2.45, 2.75) is 6.92 Å². The molecule has 3 N–H and O–H groups in total. The van der Waals surface area contributed by atoms with Crippen molar-refractivity contribution in [3.63, 3.8) is 0 Å². The van der Waals surface area contributed by atoms with Crippen LogP contribution in [-0.4, -0.2) is 39.5 Å². The number of nitrogens with two attached hydrogens (primary N) is 1. The van der Waals surface area contributed by atoms with E-state index in [1.54, 1.807) is 0 Å². The highest BCUT2D eigenvalue weighted by Gasteiger charge is 1.98. The Bertz CT molecular complexity index is 348. The second-order valence-corrected chi connectivity index (χ2v) is 4.32. The largest absolute Gasteiger partial charge is 0.491 e. The van der Waals surface area contributed by atoms with Gasteiger partial charge in [-0.1, -0.05) is 11.6 Å². The molecule has 0 saturated heterocycles. The van der Waals surface area contributed by atoms with Crippen LogP contribution >= 0.6 is 11.6 Å². The molecule has 0 saturated carbocycles. The van der Waals surface area contributed by atoms with Crippen molar-refractivity contribution in [3.8, 4) is 5.75 Å². The lowest BCUT2D eigenvalue weighted by molar-refractivity contribution is 0.102. The number of hydrogen-bond acceptors (Lipinski definition) is 4. The smallest absolute Gasteiger partial charge is 0.119 e. The molecule has 0 spiro atoms. The maximum atomic E-state index is 5.93. The highest BCUT2D eigenvalue weighted by Crippen LogP contribution is 2.20. The minimum atomic E-state index is 0.540. The average Bonchev–Trinajstić information content (AvgIpc) is 2.37. The predicted molar refractivity (Wildman–Crippen MR) is 74.4 cm³/mol. The van der Waals surface area contributed by atoms with Gasteiger partial charge in [0.05, 0.1) is 13.2 Å². The summed E-state index contributed by atoms with van der Waals surface area (Å²) < 4.78 is 10.9. The van der Waals surface area contributed by atoms with E-state index in [0.29, 0.717) is 26.4 Å². The van der Waals surface area contributed by atoms with Crippen LogP contribution in [0, 0.1) is 6.92 Å². The van der Waals surface area contributed by atoms with Crippen molar-refractivity contribution in [3.05, 3.63) is 28.8 Å². The normalized spacial score (nSPS) is 10.6. The first-order valence-corrected chi connectivity index (χ1v) is 6.49. The van der Waals surface area contributed by atoms with Crippen molar-refractivity contribution in [1.29, 1.82) is 0 Å². The molecule has 0 atom stereocenters. The molecule has 1 aromatic carbocycles. The summed E-state index contributed by atoms with van der Waals surface area (Å²) in [7, 11) is 0. The Hall–Kier alpha value is -0.810. The maximum absolute atomic E-state index is 5.93. The molecule has 0 unspecified atom stereocenters. The van der Waals surface area contributed by atoms with Crippen LogP contribution in [0.2, 0.25) is 5.02 Å². The van der Waals surface area contributed by atoms with Crippen LogP contribution in [0.5, 0.6) is 5.75 Å². The van der Waals surface area contributed by atoms with E-state index in [4.69, 9.17) is 26.8 Å². The first-order valence-electron chi connectivity index (χ1n) is 6.11. The summed E-state index contributed by atoms with van der Waals surface area (Å²) in [6, 6.07) is 5.62. The Morgan fingerprint density at radius 1 is 1.22 bits per heavy atom. The second kappa shape index (κ2) is 9.16. The van der Waals surface area contributed by atoms with E-state index < -0.39 is 0 Å². The van der Waals surface area contributed by atoms with Gasteiger partial charge in [0.25, 0.3) is 0 Å². The molecule has 1 aromatic rings. The van der Waals surface area contributed by atoms with Gasteiger partial charge in [-0.2, -0.15) is 0 Å². The Kier molecular flexibility index (Phi) is 7.76. The number of nitrogens with one attached hydrogen (secondary N) is 1. The lowest BCUT2D eigenvalue weighted by Gasteiger charge is -2.08. The molecule has 0 amide bonds. The fourth-order valence-electron chi connectivity index (χ4n) is 1.40.